The maximum absolute atomic E-state index is 12.3. The van der Waals surface area contributed by atoms with E-state index in [1.165, 1.54) is 16.7 Å². The lowest BCUT2D eigenvalue weighted by molar-refractivity contribution is -0.136. The number of fused-ring (bicyclic) bond motifs is 1. The zero-order chi connectivity index (χ0) is 17.5. The third-order valence-corrected chi connectivity index (χ3v) is 4.60. The predicted molar refractivity (Wildman–Crippen MR) is 98.0 cm³/mol. The molecule has 0 bridgehead atoms. The van der Waals surface area contributed by atoms with Gasteiger partial charge in [0.2, 0.25) is 11.8 Å². The van der Waals surface area contributed by atoms with E-state index in [4.69, 9.17) is 0 Å². The maximum Gasteiger partial charge on any atom is 0.232 e. The van der Waals surface area contributed by atoms with Crippen molar-refractivity contribution >= 4 is 11.8 Å². The summed E-state index contributed by atoms with van der Waals surface area (Å²) in [6.45, 7) is 1.90. The van der Waals surface area contributed by atoms with E-state index in [1.54, 1.807) is 4.90 Å². The van der Waals surface area contributed by atoms with Crippen molar-refractivity contribution in [2.45, 2.75) is 32.2 Å². The molecule has 1 aliphatic rings. The monoisotopic (exact) mass is 336 g/mol. The largest absolute Gasteiger partial charge is 0.356 e. The van der Waals surface area contributed by atoms with E-state index < -0.39 is 0 Å². The number of nitrogens with one attached hydrogen (secondary N) is 1. The van der Waals surface area contributed by atoms with E-state index in [9.17, 15) is 9.59 Å². The van der Waals surface area contributed by atoms with E-state index in [0.717, 1.165) is 19.3 Å². The number of carbonyl (C=O) groups excluding carboxylic acids is 2. The SMILES string of the molecule is O=C(CC(=O)N1CCc2ccccc2C1)NCCCc1ccccc1. The van der Waals surface area contributed by atoms with Crippen molar-refractivity contribution < 1.29 is 9.59 Å². The topological polar surface area (TPSA) is 49.4 Å². The van der Waals surface area contributed by atoms with Gasteiger partial charge in [-0.1, -0.05) is 54.6 Å². The Hall–Kier alpha value is -2.62. The van der Waals surface area contributed by atoms with Crippen LogP contribution >= 0.6 is 0 Å². The minimum atomic E-state index is -0.183. The van der Waals surface area contributed by atoms with Crippen LogP contribution in [0.3, 0.4) is 0 Å². The number of carbonyl (C=O) groups is 2. The van der Waals surface area contributed by atoms with E-state index in [-0.39, 0.29) is 18.2 Å². The summed E-state index contributed by atoms with van der Waals surface area (Å²) in [6.07, 6.45) is 2.60. The molecular weight excluding hydrogens is 312 g/mol. The Balaban J connectivity index is 1.39. The molecule has 0 aliphatic carbocycles. The zero-order valence-electron chi connectivity index (χ0n) is 14.4. The molecule has 1 aliphatic heterocycles. The number of aryl methyl sites for hydroxylation is 1. The van der Waals surface area contributed by atoms with E-state index in [2.05, 4.69) is 29.6 Å². The molecule has 2 aromatic carbocycles. The second-order valence-corrected chi connectivity index (χ2v) is 6.45. The van der Waals surface area contributed by atoms with Crippen molar-refractivity contribution in [2.24, 2.45) is 0 Å². The van der Waals surface area contributed by atoms with E-state index >= 15 is 0 Å². The fourth-order valence-electron chi connectivity index (χ4n) is 3.19. The quantitative estimate of drug-likeness (QED) is 0.651. The molecule has 3 rings (SSSR count). The smallest absolute Gasteiger partial charge is 0.232 e. The van der Waals surface area contributed by atoms with Gasteiger partial charge in [-0.2, -0.15) is 0 Å². The first-order valence-electron chi connectivity index (χ1n) is 8.87. The summed E-state index contributed by atoms with van der Waals surface area (Å²) in [6, 6.07) is 18.4. The highest BCUT2D eigenvalue weighted by molar-refractivity contribution is 5.96. The van der Waals surface area contributed by atoms with E-state index in [1.807, 2.05) is 30.3 Å². The molecule has 130 valence electrons. The summed E-state index contributed by atoms with van der Waals surface area (Å²) < 4.78 is 0. The summed E-state index contributed by atoms with van der Waals surface area (Å²) >= 11 is 0. The molecule has 4 nitrogen and oxygen atoms in total. The maximum atomic E-state index is 12.3. The average Bonchev–Trinajstić information content (AvgIpc) is 2.65. The number of rotatable bonds is 6. The lowest BCUT2D eigenvalue weighted by Gasteiger charge is -2.28. The highest BCUT2D eigenvalue weighted by atomic mass is 16.2. The van der Waals surface area contributed by atoms with Crippen LogP contribution in [0.2, 0.25) is 0 Å². The molecule has 0 unspecified atom stereocenters. The van der Waals surface area contributed by atoms with Crippen molar-refractivity contribution in [3.05, 3.63) is 71.3 Å². The molecule has 0 radical (unpaired) electrons. The fraction of sp³-hybridized carbons (Fsp3) is 0.333. The van der Waals surface area contributed by atoms with Crippen LogP contribution in [0.25, 0.3) is 0 Å². The van der Waals surface area contributed by atoms with Crippen molar-refractivity contribution in [3.63, 3.8) is 0 Å². The Labute approximate surface area is 148 Å². The molecule has 1 heterocycles. The number of hydrogen-bond acceptors (Lipinski definition) is 2. The predicted octanol–water partition coefficient (Wildman–Crippen LogP) is 2.71. The third kappa shape index (κ3) is 4.92. The van der Waals surface area contributed by atoms with Crippen LogP contribution < -0.4 is 5.32 Å². The highest BCUT2D eigenvalue weighted by Crippen LogP contribution is 2.18. The molecule has 4 heteroatoms. The van der Waals surface area contributed by atoms with Crippen LogP contribution in [0.4, 0.5) is 0 Å². The summed E-state index contributed by atoms with van der Waals surface area (Å²) in [5.41, 5.74) is 3.75. The van der Waals surface area contributed by atoms with Crippen LogP contribution in [0.5, 0.6) is 0 Å². The number of amides is 2. The lowest BCUT2D eigenvalue weighted by Crippen LogP contribution is -2.39. The number of hydrogen-bond donors (Lipinski definition) is 1. The summed E-state index contributed by atoms with van der Waals surface area (Å²) in [7, 11) is 0. The second kappa shape index (κ2) is 8.47. The molecule has 0 fully saturated rings. The molecule has 2 aromatic rings. The molecule has 0 saturated carbocycles. The second-order valence-electron chi connectivity index (χ2n) is 6.45. The first kappa shape index (κ1) is 17.2. The van der Waals surface area contributed by atoms with Crippen LogP contribution in [-0.4, -0.2) is 29.8 Å². The van der Waals surface area contributed by atoms with Gasteiger partial charge in [0.05, 0.1) is 0 Å². The van der Waals surface area contributed by atoms with Gasteiger partial charge in [0.15, 0.2) is 0 Å². The van der Waals surface area contributed by atoms with Crippen LogP contribution in [-0.2, 0) is 29.0 Å². The third-order valence-electron chi connectivity index (χ3n) is 4.60. The van der Waals surface area contributed by atoms with Gasteiger partial charge in [-0.15, -0.1) is 0 Å². The van der Waals surface area contributed by atoms with Crippen LogP contribution in [0.1, 0.15) is 29.5 Å². The molecule has 1 N–H and O–H groups in total. The Morgan fingerprint density at radius 3 is 2.48 bits per heavy atom. The Morgan fingerprint density at radius 1 is 0.960 bits per heavy atom. The van der Waals surface area contributed by atoms with Crippen LogP contribution in [0.15, 0.2) is 54.6 Å². The van der Waals surface area contributed by atoms with Gasteiger partial charge in [0.1, 0.15) is 6.42 Å². The highest BCUT2D eigenvalue weighted by Gasteiger charge is 2.21. The Bertz CT molecular complexity index is 728. The molecule has 2 amide bonds. The summed E-state index contributed by atoms with van der Waals surface area (Å²) in [4.78, 5) is 26.1. The van der Waals surface area contributed by atoms with Gasteiger partial charge in [-0.3, -0.25) is 9.59 Å². The standard InChI is InChI=1S/C21H24N2O2/c24-20(22-13-6-9-17-7-2-1-3-8-17)15-21(25)23-14-12-18-10-4-5-11-19(18)16-23/h1-5,7-8,10-11H,6,9,12-16H2,(H,22,24). The molecule has 25 heavy (non-hydrogen) atoms. The van der Waals surface area contributed by atoms with Gasteiger partial charge >= 0.3 is 0 Å². The summed E-state index contributed by atoms with van der Waals surface area (Å²) in [5, 5.41) is 2.86. The molecule has 0 atom stereocenters. The van der Waals surface area contributed by atoms with Gasteiger partial charge < -0.3 is 10.2 Å². The Morgan fingerprint density at radius 2 is 1.68 bits per heavy atom. The first-order valence-corrected chi connectivity index (χ1v) is 8.87. The van der Waals surface area contributed by atoms with Crippen molar-refractivity contribution in [2.75, 3.05) is 13.1 Å². The van der Waals surface area contributed by atoms with Gasteiger partial charge in [0.25, 0.3) is 0 Å². The van der Waals surface area contributed by atoms with Gasteiger partial charge in [-0.05, 0) is 36.0 Å². The molecular formula is C21H24N2O2. The molecule has 0 saturated heterocycles. The lowest BCUT2D eigenvalue weighted by atomic mass is 10.00. The van der Waals surface area contributed by atoms with Gasteiger partial charge in [-0.25, -0.2) is 0 Å². The Kier molecular flexibility index (Phi) is 5.83. The molecule has 0 spiro atoms. The van der Waals surface area contributed by atoms with Crippen LogP contribution in [0, 0.1) is 0 Å². The minimum Gasteiger partial charge on any atom is -0.356 e. The number of nitrogens with zero attached hydrogens (tertiary/aromatic N) is 1. The normalized spacial score (nSPS) is 13.2. The zero-order valence-corrected chi connectivity index (χ0v) is 14.4. The van der Waals surface area contributed by atoms with E-state index in [0.29, 0.717) is 19.6 Å². The van der Waals surface area contributed by atoms with Crippen molar-refractivity contribution in [3.8, 4) is 0 Å². The van der Waals surface area contributed by atoms with Gasteiger partial charge in [0, 0.05) is 19.6 Å². The van der Waals surface area contributed by atoms with Crippen molar-refractivity contribution in [1.82, 2.24) is 10.2 Å². The minimum absolute atomic E-state index is 0.0620. The summed E-state index contributed by atoms with van der Waals surface area (Å²) in [5.74, 6) is -0.271. The fourth-order valence-corrected chi connectivity index (χ4v) is 3.19. The molecule has 0 aromatic heterocycles. The van der Waals surface area contributed by atoms with Crippen molar-refractivity contribution in [1.29, 1.82) is 0 Å². The number of benzene rings is 2. The first-order chi connectivity index (χ1) is 12.2. The average molecular weight is 336 g/mol.